The molecule has 258 valence electrons. The van der Waals surface area contributed by atoms with Crippen LogP contribution in [0, 0.1) is 0 Å². The van der Waals surface area contributed by atoms with Crippen LogP contribution in [0.4, 0.5) is 11.4 Å². The highest BCUT2D eigenvalue weighted by Gasteiger charge is 2.52. The molecule has 0 N–H and O–H groups in total. The van der Waals surface area contributed by atoms with Crippen molar-refractivity contribution in [3.05, 3.63) is 221 Å². The maximum absolute atomic E-state index is 2.67. The van der Waals surface area contributed by atoms with Gasteiger partial charge in [-0.1, -0.05) is 172 Å². The van der Waals surface area contributed by atoms with E-state index in [0.29, 0.717) is 0 Å². The van der Waals surface area contributed by atoms with Gasteiger partial charge >= 0.3 is 0 Å². The molecule has 7 aromatic rings. The third-order valence-electron chi connectivity index (χ3n) is 13.1. The highest BCUT2D eigenvalue weighted by atomic mass is 15.2. The molecular formula is C53H41N. The van der Waals surface area contributed by atoms with Gasteiger partial charge in [-0.3, -0.25) is 0 Å². The van der Waals surface area contributed by atoms with Gasteiger partial charge in [0.2, 0.25) is 0 Å². The smallest absolute Gasteiger partial charge is 0.0726 e. The van der Waals surface area contributed by atoms with Gasteiger partial charge in [0.25, 0.3) is 0 Å². The van der Waals surface area contributed by atoms with E-state index in [-0.39, 0.29) is 11.0 Å². The maximum atomic E-state index is 2.67. The Morgan fingerprint density at radius 1 is 0.426 bits per heavy atom. The fourth-order valence-electron chi connectivity index (χ4n) is 10.8. The lowest BCUT2D eigenvalue weighted by Gasteiger charge is -2.46. The zero-order valence-electron chi connectivity index (χ0n) is 31.0. The van der Waals surface area contributed by atoms with Crippen molar-refractivity contribution in [1.29, 1.82) is 0 Å². The summed E-state index contributed by atoms with van der Waals surface area (Å²) in [5.41, 5.74) is 20.4. The summed E-state index contributed by atoms with van der Waals surface area (Å²) in [6.45, 7) is 7.22. The molecule has 1 spiro atoms. The third-order valence-corrected chi connectivity index (χ3v) is 13.1. The number of anilines is 2. The fraction of sp³-hybridized carbons (Fsp3) is 0.132. The van der Waals surface area contributed by atoms with Crippen LogP contribution in [0.5, 0.6) is 0 Å². The minimum absolute atomic E-state index is 0.111. The first-order valence-corrected chi connectivity index (χ1v) is 19.3. The molecule has 1 atom stereocenters. The molecule has 54 heavy (non-hydrogen) atoms. The molecule has 0 saturated heterocycles. The van der Waals surface area contributed by atoms with Crippen LogP contribution in [-0.2, 0) is 10.8 Å². The predicted octanol–water partition coefficient (Wildman–Crippen LogP) is 13.3. The Bertz CT molecular complexity index is 2680. The Kier molecular flexibility index (Phi) is 6.48. The lowest BCUT2D eigenvalue weighted by molar-refractivity contribution is 0.587. The Hall–Kier alpha value is -6.18. The van der Waals surface area contributed by atoms with Gasteiger partial charge in [-0.05, 0) is 116 Å². The van der Waals surface area contributed by atoms with Gasteiger partial charge in [0.1, 0.15) is 0 Å². The highest BCUT2D eigenvalue weighted by molar-refractivity contribution is 5.96. The second-order valence-corrected chi connectivity index (χ2v) is 16.2. The molecular weight excluding hydrogens is 651 g/mol. The lowest BCUT2D eigenvalue weighted by atomic mass is 9.70. The standard InChI is InChI=1S/C53H41N/c1-51(2)45-24-11-7-19-38(45)42-30-28-36(33-49(42)51)54(52(3)32-16-15-23-44(52)35-17-5-4-6-18-35)37-29-31-43-41-22-10-14-27-48(41)53(50(43)34-37)46-25-12-8-20-39(46)40-21-9-13-26-47(40)53/h4-31,33-34H,32H2,1-3H3. The van der Waals surface area contributed by atoms with Gasteiger partial charge in [-0.25, -0.2) is 0 Å². The van der Waals surface area contributed by atoms with Gasteiger partial charge in [-0.15, -0.1) is 0 Å². The summed E-state index contributed by atoms with van der Waals surface area (Å²) in [5, 5.41) is 0. The predicted molar refractivity (Wildman–Crippen MR) is 225 cm³/mol. The van der Waals surface area contributed by atoms with E-state index in [9.17, 15) is 0 Å². The summed E-state index contributed by atoms with van der Waals surface area (Å²) >= 11 is 0. The van der Waals surface area contributed by atoms with Crippen molar-refractivity contribution in [2.45, 2.75) is 43.6 Å². The van der Waals surface area contributed by atoms with Crippen molar-refractivity contribution in [2.24, 2.45) is 0 Å². The summed E-state index contributed by atoms with van der Waals surface area (Å²) < 4.78 is 0. The normalized spacial score (nSPS) is 18.6. The zero-order chi connectivity index (χ0) is 36.2. The van der Waals surface area contributed by atoms with E-state index in [0.717, 1.165) is 6.42 Å². The van der Waals surface area contributed by atoms with E-state index in [1.54, 1.807) is 0 Å². The molecule has 0 amide bonds. The van der Waals surface area contributed by atoms with Crippen LogP contribution in [-0.4, -0.2) is 5.54 Å². The third kappa shape index (κ3) is 3.99. The molecule has 1 unspecified atom stereocenters. The van der Waals surface area contributed by atoms with E-state index in [1.807, 2.05) is 0 Å². The monoisotopic (exact) mass is 691 g/mol. The van der Waals surface area contributed by atoms with Crippen molar-refractivity contribution < 1.29 is 0 Å². The Balaban J connectivity index is 1.19. The molecule has 7 aromatic carbocycles. The van der Waals surface area contributed by atoms with Gasteiger partial charge in [0, 0.05) is 16.8 Å². The van der Waals surface area contributed by atoms with E-state index in [4.69, 9.17) is 0 Å². The molecule has 4 aliphatic carbocycles. The van der Waals surface area contributed by atoms with Crippen LogP contribution in [0.15, 0.2) is 182 Å². The van der Waals surface area contributed by atoms with E-state index in [2.05, 4.69) is 208 Å². The van der Waals surface area contributed by atoms with Gasteiger partial charge < -0.3 is 4.90 Å². The number of allylic oxidation sites excluding steroid dienone is 2. The first-order chi connectivity index (χ1) is 26.4. The molecule has 0 aliphatic heterocycles. The Morgan fingerprint density at radius 3 is 1.44 bits per heavy atom. The van der Waals surface area contributed by atoms with Crippen molar-refractivity contribution >= 4 is 16.9 Å². The van der Waals surface area contributed by atoms with Crippen LogP contribution in [0.3, 0.4) is 0 Å². The summed E-state index contributed by atoms with van der Waals surface area (Å²) in [5.74, 6) is 0. The molecule has 0 fully saturated rings. The molecule has 1 nitrogen and oxygen atoms in total. The van der Waals surface area contributed by atoms with Crippen LogP contribution in [0.25, 0.3) is 39.0 Å². The number of benzene rings is 7. The summed E-state index contributed by atoms with van der Waals surface area (Å²) in [6, 6.07) is 61.9. The lowest BCUT2D eigenvalue weighted by Crippen LogP contribution is -2.45. The first-order valence-electron chi connectivity index (χ1n) is 19.3. The minimum atomic E-state index is -0.409. The number of hydrogen-bond donors (Lipinski definition) is 0. The minimum Gasteiger partial charge on any atom is -0.331 e. The van der Waals surface area contributed by atoms with Gasteiger partial charge in [0.05, 0.1) is 11.0 Å². The highest BCUT2D eigenvalue weighted by Crippen LogP contribution is 2.63. The summed E-state index contributed by atoms with van der Waals surface area (Å²) in [7, 11) is 0. The second-order valence-electron chi connectivity index (χ2n) is 16.2. The Morgan fingerprint density at radius 2 is 0.870 bits per heavy atom. The number of nitrogens with zero attached hydrogens (tertiary/aromatic N) is 1. The molecule has 0 bridgehead atoms. The van der Waals surface area contributed by atoms with Crippen LogP contribution in [0.2, 0.25) is 0 Å². The molecule has 0 saturated carbocycles. The number of rotatable bonds is 4. The topological polar surface area (TPSA) is 3.24 Å². The quantitative estimate of drug-likeness (QED) is 0.178. The summed E-state index contributed by atoms with van der Waals surface area (Å²) in [4.78, 5) is 2.67. The van der Waals surface area contributed by atoms with E-state index >= 15 is 0 Å². The maximum Gasteiger partial charge on any atom is 0.0726 e. The van der Waals surface area contributed by atoms with Crippen molar-refractivity contribution in [3.8, 4) is 33.4 Å². The second kappa shape index (κ2) is 11.2. The van der Waals surface area contributed by atoms with Crippen LogP contribution in [0.1, 0.15) is 66.1 Å². The zero-order valence-corrected chi connectivity index (χ0v) is 31.0. The number of fused-ring (bicyclic) bond motifs is 13. The van der Waals surface area contributed by atoms with Gasteiger partial charge in [-0.2, -0.15) is 0 Å². The first kappa shape index (κ1) is 31.4. The molecule has 4 aliphatic rings. The SMILES string of the molecule is CC1(C)c2ccccc2-c2ccc(N(c3ccc4c(c3)C3(c5ccccc5-c5ccccc53)c3ccccc3-4)C3(C)CC=CC=C3c3ccccc3)cc21. The number of hydrogen-bond acceptors (Lipinski definition) is 1. The molecule has 11 rings (SSSR count). The van der Waals surface area contributed by atoms with E-state index in [1.165, 1.54) is 89.3 Å². The largest absolute Gasteiger partial charge is 0.331 e. The van der Waals surface area contributed by atoms with Gasteiger partial charge in [0.15, 0.2) is 0 Å². The molecule has 0 radical (unpaired) electrons. The average molecular weight is 692 g/mol. The molecule has 0 heterocycles. The fourth-order valence-corrected chi connectivity index (χ4v) is 10.8. The van der Waals surface area contributed by atoms with Crippen molar-refractivity contribution in [2.75, 3.05) is 4.90 Å². The summed E-state index contributed by atoms with van der Waals surface area (Å²) in [6.07, 6.45) is 7.81. The van der Waals surface area contributed by atoms with Crippen LogP contribution < -0.4 is 4.90 Å². The van der Waals surface area contributed by atoms with Crippen molar-refractivity contribution in [3.63, 3.8) is 0 Å². The van der Waals surface area contributed by atoms with Crippen molar-refractivity contribution in [1.82, 2.24) is 0 Å². The average Bonchev–Trinajstić information content (AvgIpc) is 3.77. The molecule has 1 heteroatoms. The molecule has 0 aromatic heterocycles. The van der Waals surface area contributed by atoms with E-state index < -0.39 is 5.41 Å². The van der Waals surface area contributed by atoms with Crippen LogP contribution >= 0.6 is 0 Å². The Labute approximate surface area is 318 Å².